The first-order valence-corrected chi connectivity index (χ1v) is 5.98. The second-order valence-electron chi connectivity index (χ2n) is 4.31. The Morgan fingerprint density at radius 2 is 2.16 bits per heavy atom. The minimum Gasteiger partial charge on any atom is -0.475 e. The van der Waals surface area contributed by atoms with Gasteiger partial charge in [-0.15, -0.1) is 5.10 Å². The van der Waals surface area contributed by atoms with Crippen molar-refractivity contribution in [3.05, 3.63) is 41.2 Å². The summed E-state index contributed by atoms with van der Waals surface area (Å²) in [5.41, 5.74) is 1.23. The minimum absolute atomic E-state index is 0.273. The van der Waals surface area contributed by atoms with Crippen LogP contribution in [0.4, 0.5) is 4.39 Å². The lowest BCUT2D eigenvalue weighted by atomic mass is 10.2. The van der Waals surface area contributed by atoms with Gasteiger partial charge in [-0.3, -0.25) is 0 Å². The highest BCUT2D eigenvalue weighted by atomic mass is 19.1. The van der Waals surface area contributed by atoms with Crippen LogP contribution in [0.3, 0.4) is 0 Å². The number of nitrogens with zero attached hydrogens (tertiary/aromatic N) is 3. The molecule has 0 saturated carbocycles. The molecule has 0 aliphatic rings. The molecule has 0 bridgehead atoms. The molecule has 2 aromatic rings. The minimum atomic E-state index is -1.19. The first-order valence-electron chi connectivity index (χ1n) is 5.98. The largest absolute Gasteiger partial charge is 0.475 e. The molecule has 100 valence electrons. The third kappa shape index (κ3) is 2.78. The molecular weight excluding hydrogens is 249 g/mol. The van der Waals surface area contributed by atoms with Crippen LogP contribution in [-0.2, 0) is 6.42 Å². The van der Waals surface area contributed by atoms with Gasteiger partial charge in [0, 0.05) is 6.42 Å². The quantitative estimate of drug-likeness (QED) is 0.919. The van der Waals surface area contributed by atoms with Gasteiger partial charge >= 0.3 is 5.97 Å². The molecule has 1 N–H and O–H groups in total. The molecule has 0 aliphatic heterocycles. The van der Waals surface area contributed by atoms with Crippen molar-refractivity contribution in [2.24, 2.45) is 0 Å². The van der Waals surface area contributed by atoms with E-state index in [1.165, 1.54) is 16.8 Å². The van der Waals surface area contributed by atoms with Crippen molar-refractivity contribution in [2.75, 3.05) is 0 Å². The lowest BCUT2D eigenvalue weighted by molar-refractivity contribution is 0.0683. The van der Waals surface area contributed by atoms with Gasteiger partial charge in [0.25, 0.3) is 5.82 Å². The number of carboxylic acids is 1. The number of carbonyl (C=O) groups is 1. The molecule has 0 aliphatic carbocycles. The second kappa shape index (κ2) is 5.17. The highest BCUT2D eigenvalue weighted by Gasteiger charge is 2.16. The molecule has 5 nitrogen and oxygen atoms in total. The Bertz CT molecular complexity index is 602. The van der Waals surface area contributed by atoms with Crippen molar-refractivity contribution in [1.29, 1.82) is 0 Å². The van der Waals surface area contributed by atoms with Gasteiger partial charge in [-0.2, -0.15) is 0 Å². The second-order valence-corrected chi connectivity index (χ2v) is 4.31. The fourth-order valence-corrected chi connectivity index (χ4v) is 1.87. The van der Waals surface area contributed by atoms with Gasteiger partial charge in [0.15, 0.2) is 0 Å². The summed E-state index contributed by atoms with van der Waals surface area (Å²) in [4.78, 5) is 14.9. The summed E-state index contributed by atoms with van der Waals surface area (Å²) in [5, 5.41) is 12.9. The Kier molecular flexibility index (Phi) is 3.59. The lowest BCUT2D eigenvalue weighted by Gasteiger charge is -2.06. The molecule has 0 spiro atoms. The zero-order valence-electron chi connectivity index (χ0n) is 10.7. The number of halogens is 1. The first kappa shape index (κ1) is 13.2. The van der Waals surface area contributed by atoms with Gasteiger partial charge in [-0.1, -0.05) is 6.92 Å². The third-order valence-corrected chi connectivity index (χ3v) is 2.61. The van der Waals surface area contributed by atoms with E-state index >= 15 is 0 Å². The molecule has 0 fully saturated rings. The van der Waals surface area contributed by atoms with Crippen molar-refractivity contribution in [2.45, 2.75) is 26.7 Å². The van der Waals surface area contributed by atoms with Crippen molar-refractivity contribution >= 4 is 5.97 Å². The maximum atomic E-state index is 13.4. The van der Waals surface area contributed by atoms with Crippen LogP contribution in [0, 0.1) is 12.7 Å². The van der Waals surface area contributed by atoms with E-state index in [1.807, 2.05) is 6.92 Å². The van der Waals surface area contributed by atoms with Gasteiger partial charge in [0.1, 0.15) is 11.6 Å². The van der Waals surface area contributed by atoms with Crippen LogP contribution < -0.4 is 0 Å². The van der Waals surface area contributed by atoms with Crippen LogP contribution in [0.1, 0.15) is 35.4 Å². The number of hydrogen-bond acceptors (Lipinski definition) is 3. The number of aromatic nitrogens is 3. The normalized spacial score (nSPS) is 10.7. The predicted octanol–water partition coefficient (Wildman–Crippen LogP) is 2.37. The van der Waals surface area contributed by atoms with E-state index in [0.717, 1.165) is 12.0 Å². The van der Waals surface area contributed by atoms with Crippen LogP contribution in [0.25, 0.3) is 5.69 Å². The van der Waals surface area contributed by atoms with E-state index in [1.54, 1.807) is 13.0 Å². The Balaban J connectivity index is 2.55. The highest BCUT2D eigenvalue weighted by Crippen LogP contribution is 2.15. The average molecular weight is 263 g/mol. The zero-order valence-corrected chi connectivity index (χ0v) is 10.7. The van der Waals surface area contributed by atoms with E-state index in [-0.39, 0.29) is 11.6 Å². The Morgan fingerprint density at radius 1 is 1.42 bits per heavy atom. The predicted molar refractivity (Wildman–Crippen MR) is 67.0 cm³/mol. The van der Waals surface area contributed by atoms with Crippen LogP contribution in [0.15, 0.2) is 18.2 Å². The number of aromatic carboxylic acids is 1. The van der Waals surface area contributed by atoms with E-state index in [9.17, 15) is 9.18 Å². The summed E-state index contributed by atoms with van der Waals surface area (Å²) in [5.74, 6) is -1.33. The Hall–Kier alpha value is -2.24. The molecule has 0 unspecified atom stereocenters. The molecule has 0 saturated heterocycles. The molecule has 1 aromatic carbocycles. The molecule has 0 atom stereocenters. The van der Waals surface area contributed by atoms with Crippen LogP contribution >= 0.6 is 0 Å². The summed E-state index contributed by atoms with van der Waals surface area (Å²) >= 11 is 0. The highest BCUT2D eigenvalue weighted by molar-refractivity contribution is 5.83. The number of carboxylic acid groups (broad SMARTS) is 1. The van der Waals surface area contributed by atoms with E-state index < -0.39 is 5.97 Å². The van der Waals surface area contributed by atoms with Crippen molar-refractivity contribution in [3.63, 3.8) is 0 Å². The fraction of sp³-hybridized carbons (Fsp3) is 0.308. The standard InChI is InChI=1S/C13H14FN3O2/c1-3-4-11-15-12(13(18)19)16-17(11)10-6-8(2)5-9(14)7-10/h5-7H,3-4H2,1-2H3,(H,18,19). The molecule has 0 amide bonds. The lowest BCUT2D eigenvalue weighted by Crippen LogP contribution is -2.04. The average Bonchev–Trinajstić information content (AvgIpc) is 2.72. The summed E-state index contributed by atoms with van der Waals surface area (Å²) in [6.45, 7) is 3.72. The smallest absolute Gasteiger partial charge is 0.375 e. The van der Waals surface area contributed by atoms with E-state index in [2.05, 4.69) is 10.1 Å². The van der Waals surface area contributed by atoms with Crippen molar-refractivity contribution in [1.82, 2.24) is 14.8 Å². The SMILES string of the molecule is CCCc1nc(C(=O)O)nn1-c1cc(C)cc(F)c1. The maximum absolute atomic E-state index is 13.4. The zero-order chi connectivity index (χ0) is 14.0. The van der Waals surface area contributed by atoms with Crippen molar-refractivity contribution < 1.29 is 14.3 Å². The van der Waals surface area contributed by atoms with Gasteiger partial charge in [0.2, 0.25) is 0 Å². The Labute approximate surface area is 109 Å². The fourth-order valence-electron chi connectivity index (χ4n) is 1.87. The summed E-state index contributed by atoms with van der Waals surface area (Å²) in [6.07, 6.45) is 1.38. The molecule has 1 aromatic heterocycles. The molecule has 19 heavy (non-hydrogen) atoms. The topological polar surface area (TPSA) is 68.0 Å². The van der Waals surface area contributed by atoms with Crippen LogP contribution in [0.5, 0.6) is 0 Å². The Morgan fingerprint density at radius 3 is 2.74 bits per heavy atom. The van der Waals surface area contributed by atoms with Gasteiger partial charge < -0.3 is 5.11 Å². The first-order chi connectivity index (χ1) is 9.01. The van der Waals surface area contributed by atoms with E-state index in [4.69, 9.17) is 5.11 Å². The molecule has 2 rings (SSSR count). The summed E-state index contributed by atoms with van der Waals surface area (Å²) in [7, 11) is 0. The van der Waals surface area contributed by atoms with Crippen molar-refractivity contribution in [3.8, 4) is 5.69 Å². The number of hydrogen-bond donors (Lipinski definition) is 1. The monoisotopic (exact) mass is 263 g/mol. The van der Waals surface area contributed by atoms with Gasteiger partial charge in [-0.05, 0) is 37.1 Å². The number of benzene rings is 1. The van der Waals surface area contributed by atoms with Gasteiger partial charge in [-0.25, -0.2) is 18.9 Å². The third-order valence-electron chi connectivity index (χ3n) is 2.61. The molecular formula is C13H14FN3O2. The summed E-state index contributed by atoms with van der Waals surface area (Å²) in [6, 6.07) is 4.45. The maximum Gasteiger partial charge on any atom is 0.375 e. The van der Waals surface area contributed by atoms with Crippen LogP contribution in [0.2, 0.25) is 0 Å². The molecule has 0 radical (unpaired) electrons. The van der Waals surface area contributed by atoms with Crippen LogP contribution in [-0.4, -0.2) is 25.8 Å². The molecule has 6 heteroatoms. The molecule has 1 heterocycles. The van der Waals surface area contributed by atoms with Gasteiger partial charge in [0.05, 0.1) is 5.69 Å². The number of rotatable bonds is 4. The number of aryl methyl sites for hydroxylation is 2. The summed E-state index contributed by atoms with van der Waals surface area (Å²) < 4.78 is 14.8. The van der Waals surface area contributed by atoms with E-state index in [0.29, 0.717) is 17.9 Å².